The first kappa shape index (κ1) is 12.3. The Morgan fingerprint density at radius 2 is 2.16 bits per heavy atom. The quantitative estimate of drug-likeness (QED) is 0.825. The second-order valence-corrected chi connectivity index (χ2v) is 5.08. The van der Waals surface area contributed by atoms with E-state index >= 15 is 0 Å². The minimum absolute atomic E-state index is 0.108. The molecule has 0 amide bonds. The van der Waals surface area contributed by atoms with Gasteiger partial charge in [0.15, 0.2) is 5.58 Å². The molecule has 1 aromatic carbocycles. The third-order valence-corrected chi connectivity index (χ3v) is 3.75. The van der Waals surface area contributed by atoms with Crippen molar-refractivity contribution in [2.75, 3.05) is 23.8 Å². The average molecular weight is 261 g/mol. The van der Waals surface area contributed by atoms with Gasteiger partial charge >= 0.3 is 0 Å². The van der Waals surface area contributed by atoms with Crippen LogP contribution in [0.3, 0.4) is 0 Å². The molecule has 1 aliphatic carbocycles. The molecule has 2 aromatic rings. The number of nitrogen functional groups attached to an aromatic ring is 1. The van der Waals surface area contributed by atoms with Gasteiger partial charge in [-0.2, -0.15) is 4.98 Å². The Balaban J connectivity index is 1.94. The molecule has 102 valence electrons. The molecule has 0 saturated heterocycles. The van der Waals surface area contributed by atoms with Gasteiger partial charge in [-0.1, -0.05) is 12.8 Å². The normalized spacial score (nSPS) is 16.3. The molecule has 1 aliphatic rings. The molecule has 1 aromatic heterocycles. The predicted octanol–water partition coefficient (Wildman–Crippen LogP) is 2.15. The van der Waals surface area contributed by atoms with Gasteiger partial charge in [-0.15, -0.1) is 0 Å². The topological polar surface area (TPSA) is 75.5 Å². The molecule has 0 bridgehead atoms. The van der Waals surface area contributed by atoms with Crippen molar-refractivity contribution >= 4 is 22.8 Å². The van der Waals surface area contributed by atoms with E-state index < -0.39 is 0 Å². The van der Waals surface area contributed by atoms with E-state index in [0.29, 0.717) is 29.9 Å². The van der Waals surface area contributed by atoms with Crippen LogP contribution in [0.2, 0.25) is 0 Å². The highest BCUT2D eigenvalue weighted by Gasteiger charge is 2.25. The van der Waals surface area contributed by atoms with E-state index in [0.717, 1.165) is 18.4 Å². The van der Waals surface area contributed by atoms with E-state index in [2.05, 4.69) is 9.88 Å². The first-order chi connectivity index (χ1) is 9.28. The van der Waals surface area contributed by atoms with Crippen LogP contribution in [0.25, 0.3) is 11.1 Å². The van der Waals surface area contributed by atoms with E-state index in [1.165, 1.54) is 12.8 Å². The fourth-order valence-electron chi connectivity index (χ4n) is 2.81. The van der Waals surface area contributed by atoms with Crippen molar-refractivity contribution < 1.29 is 9.52 Å². The number of hydrogen-bond donors (Lipinski definition) is 2. The summed E-state index contributed by atoms with van der Waals surface area (Å²) in [5.74, 6) is 0. The number of fused-ring (bicyclic) bond motifs is 1. The zero-order valence-electron chi connectivity index (χ0n) is 10.9. The predicted molar refractivity (Wildman–Crippen MR) is 75.1 cm³/mol. The maximum Gasteiger partial charge on any atom is 0.298 e. The Morgan fingerprint density at radius 1 is 1.37 bits per heavy atom. The summed E-state index contributed by atoms with van der Waals surface area (Å²) in [6.07, 6.45) is 4.75. The van der Waals surface area contributed by atoms with E-state index in [1.807, 2.05) is 12.1 Å². The van der Waals surface area contributed by atoms with Gasteiger partial charge in [0.2, 0.25) is 0 Å². The Morgan fingerprint density at radius 3 is 2.89 bits per heavy atom. The Kier molecular flexibility index (Phi) is 3.29. The first-order valence-corrected chi connectivity index (χ1v) is 6.81. The van der Waals surface area contributed by atoms with E-state index in [-0.39, 0.29) is 6.61 Å². The molecule has 0 unspecified atom stereocenters. The molecule has 0 radical (unpaired) electrons. The van der Waals surface area contributed by atoms with Crippen molar-refractivity contribution in [3.05, 3.63) is 18.2 Å². The molecule has 3 N–H and O–H groups in total. The van der Waals surface area contributed by atoms with Crippen LogP contribution in [-0.2, 0) is 0 Å². The molecule has 0 spiro atoms. The SMILES string of the molecule is Nc1ccc2nc(N(CCO)C3CCCC3)oc2c1. The zero-order chi connectivity index (χ0) is 13.2. The molecule has 0 aliphatic heterocycles. The highest BCUT2D eigenvalue weighted by atomic mass is 16.4. The van der Waals surface area contributed by atoms with Gasteiger partial charge < -0.3 is 20.2 Å². The van der Waals surface area contributed by atoms with Gasteiger partial charge in [-0.25, -0.2) is 0 Å². The van der Waals surface area contributed by atoms with Crippen LogP contribution in [-0.4, -0.2) is 29.3 Å². The molecule has 5 nitrogen and oxygen atoms in total. The van der Waals surface area contributed by atoms with Crippen LogP contribution in [0.1, 0.15) is 25.7 Å². The van der Waals surface area contributed by atoms with Crippen LogP contribution in [0.5, 0.6) is 0 Å². The second kappa shape index (κ2) is 5.09. The first-order valence-electron chi connectivity index (χ1n) is 6.81. The molecular formula is C14H19N3O2. The van der Waals surface area contributed by atoms with Gasteiger partial charge in [0.05, 0.1) is 6.61 Å². The zero-order valence-corrected chi connectivity index (χ0v) is 10.9. The lowest BCUT2D eigenvalue weighted by atomic mass is 10.2. The maximum absolute atomic E-state index is 9.25. The molecule has 3 rings (SSSR count). The standard InChI is InChI=1S/C14H19N3O2/c15-10-5-6-12-13(9-10)19-14(16-12)17(7-8-18)11-3-1-2-4-11/h5-6,9,11,18H,1-4,7-8,15H2. The minimum atomic E-state index is 0.108. The van der Waals surface area contributed by atoms with Crippen molar-refractivity contribution in [1.29, 1.82) is 0 Å². The molecule has 1 heterocycles. The number of hydrogen-bond acceptors (Lipinski definition) is 5. The number of aliphatic hydroxyl groups excluding tert-OH is 1. The molecule has 1 saturated carbocycles. The van der Waals surface area contributed by atoms with E-state index in [1.54, 1.807) is 6.07 Å². The number of benzene rings is 1. The lowest BCUT2D eigenvalue weighted by Crippen LogP contribution is -2.35. The molecule has 19 heavy (non-hydrogen) atoms. The summed E-state index contributed by atoms with van der Waals surface area (Å²) in [6, 6.07) is 6.50. The fraction of sp³-hybridized carbons (Fsp3) is 0.500. The second-order valence-electron chi connectivity index (χ2n) is 5.08. The number of aliphatic hydroxyl groups is 1. The van der Waals surface area contributed by atoms with Crippen molar-refractivity contribution in [3.63, 3.8) is 0 Å². The van der Waals surface area contributed by atoms with Gasteiger partial charge in [-0.3, -0.25) is 0 Å². The molecule has 1 fully saturated rings. The van der Waals surface area contributed by atoms with Crippen LogP contribution in [0.15, 0.2) is 22.6 Å². The van der Waals surface area contributed by atoms with Crippen LogP contribution in [0.4, 0.5) is 11.7 Å². The summed E-state index contributed by atoms with van der Waals surface area (Å²) in [5.41, 5.74) is 7.93. The number of oxazole rings is 1. The molecule has 0 atom stereocenters. The van der Waals surface area contributed by atoms with Crippen LogP contribution in [0, 0.1) is 0 Å². The van der Waals surface area contributed by atoms with Crippen molar-refractivity contribution in [2.45, 2.75) is 31.7 Å². The largest absolute Gasteiger partial charge is 0.423 e. The van der Waals surface area contributed by atoms with Gasteiger partial charge in [0.1, 0.15) is 5.52 Å². The van der Waals surface area contributed by atoms with E-state index in [4.69, 9.17) is 10.2 Å². The lowest BCUT2D eigenvalue weighted by molar-refractivity contribution is 0.293. The van der Waals surface area contributed by atoms with Crippen molar-refractivity contribution in [3.8, 4) is 0 Å². The summed E-state index contributed by atoms with van der Waals surface area (Å²) in [6.45, 7) is 0.671. The molecule has 5 heteroatoms. The number of anilines is 2. The number of rotatable bonds is 4. The Labute approximate surface area is 112 Å². The highest BCUT2D eigenvalue weighted by Crippen LogP contribution is 2.30. The van der Waals surface area contributed by atoms with Gasteiger partial charge in [0, 0.05) is 24.3 Å². The van der Waals surface area contributed by atoms with Gasteiger partial charge in [0.25, 0.3) is 6.01 Å². The summed E-state index contributed by atoms with van der Waals surface area (Å²) >= 11 is 0. The summed E-state index contributed by atoms with van der Waals surface area (Å²) in [5, 5.41) is 9.25. The van der Waals surface area contributed by atoms with Crippen molar-refractivity contribution in [1.82, 2.24) is 4.98 Å². The number of nitrogens with zero attached hydrogens (tertiary/aromatic N) is 2. The summed E-state index contributed by atoms with van der Waals surface area (Å²) < 4.78 is 5.80. The summed E-state index contributed by atoms with van der Waals surface area (Å²) in [4.78, 5) is 6.60. The third kappa shape index (κ3) is 2.38. The molecular weight excluding hydrogens is 242 g/mol. The average Bonchev–Trinajstić information content (AvgIpc) is 3.04. The maximum atomic E-state index is 9.25. The monoisotopic (exact) mass is 261 g/mol. The Hall–Kier alpha value is -1.75. The third-order valence-electron chi connectivity index (χ3n) is 3.75. The lowest BCUT2D eigenvalue weighted by Gasteiger charge is -2.26. The minimum Gasteiger partial charge on any atom is -0.423 e. The van der Waals surface area contributed by atoms with Crippen LogP contribution >= 0.6 is 0 Å². The number of aromatic nitrogens is 1. The summed E-state index contributed by atoms with van der Waals surface area (Å²) in [7, 11) is 0. The van der Waals surface area contributed by atoms with Crippen molar-refractivity contribution in [2.24, 2.45) is 0 Å². The van der Waals surface area contributed by atoms with Crippen LogP contribution < -0.4 is 10.6 Å². The smallest absolute Gasteiger partial charge is 0.298 e. The number of nitrogens with two attached hydrogens (primary N) is 1. The fourth-order valence-corrected chi connectivity index (χ4v) is 2.81. The highest BCUT2D eigenvalue weighted by molar-refractivity contribution is 5.78. The van der Waals surface area contributed by atoms with Gasteiger partial charge in [-0.05, 0) is 25.0 Å². The Bertz CT molecular complexity index is 561. The van der Waals surface area contributed by atoms with E-state index in [9.17, 15) is 5.11 Å².